The van der Waals surface area contributed by atoms with Crippen molar-refractivity contribution in [3.63, 3.8) is 0 Å². The molecule has 1 fully saturated rings. The van der Waals surface area contributed by atoms with Crippen LogP contribution in [0.2, 0.25) is 10.0 Å². The van der Waals surface area contributed by atoms with Gasteiger partial charge in [-0.25, -0.2) is 22.2 Å². The molecule has 1 atom stereocenters. The number of carbonyl (C=O) groups excluding carboxylic acids is 1. The van der Waals surface area contributed by atoms with Crippen molar-refractivity contribution in [2.45, 2.75) is 44.2 Å². The van der Waals surface area contributed by atoms with Gasteiger partial charge in [-0.3, -0.25) is 4.79 Å². The molecule has 1 unspecified atom stereocenters. The van der Waals surface area contributed by atoms with Crippen molar-refractivity contribution in [1.29, 1.82) is 0 Å². The zero-order valence-corrected chi connectivity index (χ0v) is 31.3. The summed E-state index contributed by atoms with van der Waals surface area (Å²) in [6, 6.07) is 16.1. The zero-order valence-electron chi connectivity index (χ0n) is 29.0. The maximum Gasteiger partial charge on any atom is 0.410 e. The molecule has 6 rings (SSSR count). The SMILES string of the molecule is Cc1ccc(S(=O)(=O)n2cc(-c3ccn(C(CN(C)C(=O)OC(C)(C)C)c4ccc(Cl)c(Cl)c4)c(=O)c3)c3cc(N4CCOCC4)cnc32)cc1. The number of likely N-dealkylation sites (N-methyl/N-ethyl adjacent to an activating group) is 1. The van der Waals surface area contributed by atoms with E-state index >= 15 is 0 Å². The first-order valence-electron chi connectivity index (χ1n) is 16.4. The maximum atomic E-state index is 14.1. The van der Waals surface area contributed by atoms with Gasteiger partial charge in [-0.15, -0.1) is 0 Å². The minimum Gasteiger partial charge on any atom is -0.444 e. The van der Waals surface area contributed by atoms with Crippen molar-refractivity contribution in [3.8, 4) is 11.1 Å². The highest BCUT2D eigenvalue weighted by molar-refractivity contribution is 7.90. The molecular formula is C37H39Cl2N5O6S. The first-order valence-corrected chi connectivity index (χ1v) is 18.6. The summed E-state index contributed by atoms with van der Waals surface area (Å²) in [5.74, 6) is 0. The highest BCUT2D eigenvalue weighted by Gasteiger charge is 2.27. The molecule has 1 saturated heterocycles. The average Bonchev–Trinajstić information content (AvgIpc) is 3.48. The van der Waals surface area contributed by atoms with Gasteiger partial charge in [-0.05, 0) is 75.2 Å². The number of fused-ring (bicyclic) bond motifs is 1. The molecule has 51 heavy (non-hydrogen) atoms. The fourth-order valence-electron chi connectivity index (χ4n) is 5.96. The molecule has 0 bridgehead atoms. The van der Waals surface area contributed by atoms with Crippen molar-refractivity contribution >= 4 is 56.0 Å². The van der Waals surface area contributed by atoms with Gasteiger partial charge >= 0.3 is 6.09 Å². The van der Waals surface area contributed by atoms with Crippen molar-refractivity contribution in [2.75, 3.05) is 44.8 Å². The summed E-state index contributed by atoms with van der Waals surface area (Å²) in [5.41, 5.74) is 2.53. The Morgan fingerprint density at radius 3 is 2.37 bits per heavy atom. The van der Waals surface area contributed by atoms with Crippen molar-refractivity contribution < 1.29 is 22.7 Å². The number of hydrogen-bond acceptors (Lipinski definition) is 8. The van der Waals surface area contributed by atoms with E-state index in [4.69, 9.17) is 32.7 Å². The largest absolute Gasteiger partial charge is 0.444 e. The molecule has 11 nitrogen and oxygen atoms in total. The third-order valence-electron chi connectivity index (χ3n) is 8.63. The van der Waals surface area contributed by atoms with Crippen LogP contribution in [0.1, 0.15) is 37.9 Å². The average molecular weight is 753 g/mol. The number of amides is 1. The maximum absolute atomic E-state index is 14.1. The number of carbonyl (C=O) groups is 1. The van der Waals surface area contributed by atoms with Crippen molar-refractivity contribution in [2.24, 2.45) is 0 Å². The van der Waals surface area contributed by atoms with Crippen LogP contribution in [0.25, 0.3) is 22.2 Å². The Bertz CT molecular complexity index is 2260. The van der Waals surface area contributed by atoms with Crippen LogP contribution in [0.15, 0.2) is 88.9 Å². The van der Waals surface area contributed by atoms with Gasteiger partial charge in [-0.1, -0.05) is 47.0 Å². The predicted molar refractivity (Wildman–Crippen MR) is 200 cm³/mol. The topological polar surface area (TPSA) is 116 Å². The molecule has 2 aromatic carbocycles. The Morgan fingerprint density at radius 1 is 1.02 bits per heavy atom. The second-order valence-electron chi connectivity index (χ2n) is 13.5. The Morgan fingerprint density at radius 2 is 1.73 bits per heavy atom. The third-order valence-corrected chi connectivity index (χ3v) is 11.0. The molecule has 0 saturated carbocycles. The van der Waals surface area contributed by atoms with E-state index in [9.17, 15) is 18.0 Å². The molecule has 5 aromatic rings. The lowest BCUT2D eigenvalue weighted by Crippen LogP contribution is -2.39. The number of morpholine rings is 1. The Labute approximate surface area is 307 Å². The van der Waals surface area contributed by atoms with E-state index in [1.807, 2.05) is 13.0 Å². The molecule has 1 amide bonds. The molecule has 0 aliphatic carbocycles. The summed E-state index contributed by atoms with van der Waals surface area (Å²) >= 11 is 12.6. The minimum atomic E-state index is -4.05. The van der Waals surface area contributed by atoms with Gasteiger partial charge in [0.05, 0.1) is 46.1 Å². The normalized spacial score (nSPS) is 14.5. The minimum absolute atomic E-state index is 0.0764. The highest BCUT2D eigenvalue weighted by atomic mass is 35.5. The van der Waals surface area contributed by atoms with Gasteiger partial charge in [0, 0.05) is 56.1 Å². The lowest BCUT2D eigenvalue weighted by molar-refractivity contribution is 0.0283. The first-order chi connectivity index (χ1) is 24.1. The molecule has 0 spiro atoms. The molecular weight excluding hydrogens is 713 g/mol. The second-order valence-corrected chi connectivity index (χ2v) is 16.2. The number of ether oxygens (including phenoxy) is 2. The van der Waals surface area contributed by atoms with Gasteiger partial charge in [0.1, 0.15) is 5.60 Å². The third kappa shape index (κ3) is 7.79. The van der Waals surface area contributed by atoms with Gasteiger partial charge in [0.2, 0.25) is 0 Å². The molecule has 3 aromatic heterocycles. The van der Waals surface area contributed by atoms with Crippen LogP contribution in [-0.2, 0) is 19.5 Å². The highest BCUT2D eigenvalue weighted by Crippen LogP contribution is 2.35. The van der Waals surface area contributed by atoms with Crippen LogP contribution in [0.5, 0.6) is 0 Å². The molecule has 1 aliphatic heterocycles. The fraction of sp³-hybridized carbons (Fsp3) is 0.324. The number of halogens is 2. The standard InChI is InChI=1S/C37H39Cl2N5O6S/c1-24-6-9-28(10-7-24)51(47,48)44-22-30(29-20-27(21-40-35(29)44)42-14-16-49-17-15-42)25-12-13-43(34(45)19-25)33(26-8-11-31(38)32(39)18-26)23-41(5)36(46)50-37(2,3)4/h6-13,18-22,33H,14-17,23H2,1-5H3. The number of rotatable bonds is 8. The molecule has 268 valence electrons. The molecule has 14 heteroatoms. The predicted octanol–water partition coefficient (Wildman–Crippen LogP) is 7.01. The molecule has 4 heterocycles. The van der Waals surface area contributed by atoms with E-state index in [1.165, 1.54) is 25.7 Å². The Balaban J connectivity index is 1.46. The monoisotopic (exact) mass is 751 g/mol. The molecule has 0 radical (unpaired) electrons. The van der Waals surface area contributed by atoms with Crippen molar-refractivity contribution in [1.82, 2.24) is 18.4 Å². The lowest BCUT2D eigenvalue weighted by atomic mass is 10.0. The number of hydrogen-bond donors (Lipinski definition) is 0. The molecule has 1 aliphatic rings. The fourth-order valence-corrected chi connectivity index (χ4v) is 7.59. The van der Waals surface area contributed by atoms with E-state index in [2.05, 4.69) is 9.88 Å². The number of anilines is 1. The van der Waals surface area contributed by atoms with Crippen LogP contribution in [0.4, 0.5) is 10.5 Å². The van der Waals surface area contributed by atoms with E-state index in [0.29, 0.717) is 58.4 Å². The van der Waals surface area contributed by atoms with Crippen LogP contribution in [0, 0.1) is 6.92 Å². The number of nitrogens with zero attached hydrogens (tertiary/aromatic N) is 5. The van der Waals surface area contributed by atoms with Crippen molar-refractivity contribution in [3.05, 3.63) is 111 Å². The van der Waals surface area contributed by atoms with E-state index in [0.717, 1.165) is 11.3 Å². The number of aromatic nitrogens is 3. The van der Waals surface area contributed by atoms with Crippen LogP contribution >= 0.6 is 23.2 Å². The van der Waals surface area contributed by atoms with E-state index in [-0.39, 0.29) is 22.6 Å². The lowest BCUT2D eigenvalue weighted by Gasteiger charge is -2.29. The van der Waals surface area contributed by atoms with Crippen LogP contribution in [0.3, 0.4) is 0 Å². The summed E-state index contributed by atoms with van der Waals surface area (Å²) in [4.78, 5) is 35.4. The van der Waals surface area contributed by atoms with Gasteiger partial charge < -0.3 is 23.8 Å². The number of pyridine rings is 2. The number of benzene rings is 2. The van der Waals surface area contributed by atoms with Gasteiger partial charge in [0.25, 0.3) is 15.6 Å². The number of aryl methyl sites for hydroxylation is 1. The van der Waals surface area contributed by atoms with E-state index < -0.39 is 27.8 Å². The van der Waals surface area contributed by atoms with Gasteiger partial charge in [-0.2, -0.15) is 0 Å². The zero-order chi connectivity index (χ0) is 36.7. The summed E-state index contributed by atoms with van der Waals surface area (Å²) in [6.07, 6.45) is 4.26. The van der Waals surface area contributed by atoms with Gasteiger partial charge in [0.15, 0.2) is 5.65 Å². The Hall–Kier alpha value is -4.36. The van der Waals surface area contributed by atoms with E-state index in [1.54, 1.807) is 88.7 Å². The molecule has 0 N–H and O–H groups in total. The summed E-state index contributed by atoms with van der Waals surface area (Å²) in [6.45, 7) is 9.75. The quantitative estimate of drug-likeness (QED) is 0.166. The summed E-state index contributed by atoms with van der Waals surface area (Å²) < 4.78 is 41.8. The summed E-state index contributed by atoms with van der Waals surface area (Å²) in [5, 5.41) is 1.22. The second kappa shape index (κ2) is 14.3. The van der Waals surface area contributed by atoms with Crippen LogP contribution < -0.4 is 10.5 Å². The smallest absolute Gasteiger partial charge is 0.410 e. The summed E-state index contributed by atoms with van der Waals surface area (Å²) in [7, 11) is -2.46. The first kappa shape index (κ1) is 36.4. The van der Waals surface area contributed by atoms with Crippen LogP contribution in [-0.4, -0.2) is 78.4 Å². The Kier molecular flexibility index (Phi) is 10.2.